The van der Waals surface area contributed by atoms with Crippen molar-refractivity contribution in [3.8, 4) is 0 Å². The van der Waals surface area contributed by atoms with Crippen LogP contribution < -0.4 is 22.1 Å². The van der Waals surface area contributed by atoms with Gasteiger partial charge in [-0.05, 0) is 76.2 Å². The third-order valence-electron chi connectivity index (χ3n) is 8.48. The van der Waals surface area contributed by atoms with Crippen LogP contribution in [0.3, 0.4) is 0 Å². The maximum Gasteiger partial charge on any atom is 0.276 e. The maximum absolute atomic E-state index is 16.2. The molecule has 270 valence electrons. The molecule has 6 aromatic rings. The zero-order chi connectivity index (χ0) is 37.5. The van der Waals surface area contributed by atoms with Gasteiger partial charge in [-0.25, -0.2) is 18.7 Å². The molecule has 0 spiro atoms. The summed E-state index contributed by atoms with van der Waals surface area (Å²) in [6, 6.07) is 11.7. The number of carbonyl (C=O) groups is 4. The van der Waals surface area contributed by atoms with E-state index in [0.717, 1.165) is 0 Å². The predicted molar refractivity (Wildman–Crippen MR) is 187 cm³/mol. The van der Waals surface area contributed by atoms with Crippen LogP contribution in [-0.4, -0.2) is 68.2 Å². The third kappa shape index (κ3) is 6.94. The summed E-state index contributed by atoms with van der Waals surface area (Å²) in [5, 5.41) is 13.9. The second-order valence-electron chi connectivity index (χ2n) is 12.2. The largest absolute Gasteiger partial charge is 0.366 e. The first kappa shape index (κ1) is 35.4. The van der Waals surface area contributed by atoms with Gasteiger partial charge in [0.1, 0.15) is 11.4 Å². The van der Waals surface area contributed by atoms with Gasteiger partial charge in [0.05, 0.1) is 40.0 Å². The highest BCUT2D eigenvalue weighted by Crippen LogP contribution is 2.31. The van der Waals surface area contributed by atoms with E-state index in [0.29, 0.717) is 30.0 Å². The van der Waals surface area contributed by atoms with Crippen LogP contribution in [0.1, 0.15) is 73.3 Å². The number of hydrogen-bond acceptors (Lipinski definition) is 8. The van der Waals surface area contributed by atoms with Crippen LogP contribution in [-0.2, 0) is 26.2 Å². The molecule has 0 unspecified atom stereocenters. The van der Waals surface area contributed by atoms with Crippen molar-refractivity contribution in [3.63, 3.8) is 0 Å². The van der Waals surface area contributed by atoms with E-state index in [2.05, 4.69) is 30.8 Å². The second kappa shape index (κ2) is 13.7. The highest BCUT2D eigenvalue weighted by molar-refractivity contribution is 6.04. The topological polar surface area (TPSA) is 216 Å². The number of nitrogens with two attached hydrogens (primary N) is 2. The van der Waals surface area contributed by atoms with Gasteiger partial charge in [0.25, 0.3) is 17.7 Å². The smallest absolute Gasteiger partial charge is 0.276 e. The predicted octanol–water partition coefficient (Wildman–Crippen LogP) is 3.86. The lowest BCUT2D eigenvalue weighted by Crippen LogP contribution is -2.28. The van der Waals surface area contributed by atoms with Crippen molar-refractivity contribution < 1.29 is 28.0 Å². The third-order valence-corrected chi connectivity index (χ3v) is 8.48. The molecule has 16 nitrogen and oxygen atoms in total. The van der Waals surface area contributed by atoms with Crippen molar-refractivity contribution in [2.75, 3.05) is 10.6 Å². The fraction of sp³-hybridized carbons (Fsp3) is 0.294. The van der Waals surface area contributed by atoms with Crippen LogP contribution >= 0.6 is 0 Å². The quantitative estimate of drug-likeness (QED) is 0.137. The Morgan fingerprint density at radius 1 is 0.712 bits per heavy atom. The van der Waals surface area contributed by atoms with Gasteiger partial charge in [0.15, 0.2) is 0 Å². The van der Waals surface area contributed by atoms with Crippen LogP contribution in [0.15, 0.2) is 48.5 Å². The molecular weight excluding hydrogens is 678 g/mol. The fourth-order valence-electron chi connectivity index (χ4n) is 6.00. The van der Waals surface area contributed by atoms with Crippen LogP contribution in [0.2, 0.25) is 0 Å². The van der Waals surface area contributed by atoms with Crippen molar-refractivity contribution in [2.45, 2.75) is 66.2 Å². The van der Waals surface area contributed by atoms with Crippen molar-refractivity contribution in [3.05, 3.63) is 82.4 Å². The Morgan fingerprint density at radius 2 is 1.15 bits per heavy atom. The number of halogens is 2. The molecule has 0 bridgehead atoms. The number of aryl methyl sites for hydroxylation is 5. The first-order valence-electron chi connectivity index (χ1n) is 16.4. The molecule has 0 saturated carbocycles. The second-order valence-corrected chi connectivity index (χ2v) is 12.2. The number of benzene rings is 2. The van der Waals surface area contributed by atoms with Crippen molar-refractivity contribution in [1.29, 1.82) is 0 Å². The number of nitrogens with one attached hydrogen (secondary N) is 2. The molecule has 0 aliphatic heterocycles. The molecule has 18 heteroatoms. The number of alkyl halides is 2. The summed E-state index contributed by atoms with van der Waals surface area (Å²) in [6.45, 7) is 6.66. The monoisotopic (exact) mass is 714 g/mol. The molecule has 52 heavy (non-hydrogen) atoms. The molecule has 0 aliphatic carbocycles. The van der Waals surface area contributed by atoms with E-state index in [1.54, 1.807) is 26.0 Å². The zero-order valence-electron chi connectivity index (χ0n) is 28.8. The Kier molecular flexibility index (Phi) is 9.31. The van der Waals surface area contributed by atoms with Gasteiger partial charge in [0.2, 0.25) is 23.7 Å². The van der Waals surface area contributed by atoms with E-state index in [9.17, 15) is 19.2 Å². The van der Waals surface area contributed by atoms with E-state index in [1.807, 2.05) is 13.8 Å². The Bertz CT molecular complexity index is 2390. The Hall–Kier alpha value is -6.46. The highest BCUT2D eigenvalue weighted by atomic mass is 19.3. The highest BCUT2D eigenvalue weighted by Gasteiger charge is 2.33. The molecule has 0 fully saturated rings. The minimum absolute atomic E-state index is 0.0261. The van der Waals surface area contributed by atoms with Crippen LogP contribution in [0.5, 0.6) is 0 Å². The average Bonchev–Trinajstić information content (AvgIpc) is 3.85. The lowest BCUT2D eigenvalue weighted by atomic mass is 10.1. The molecule has 4 amide bonds. The van der Waals surface area contributed by atoms with E-state index in [4.69, 9.17) is 11.5 Å². The van der Waals surface area contributed by atoms with Crippen LogP contribution in [0, 0.1) is 13.8 Å². The van der Waals surface area contributed by atoms with Gasteiger partial charge >= 0.3 is 0 Å². The van der Waals surface area contributed by atoms with Crippen molar-refractivity contribution in [1.82, 2.24) is 38.7 Å². The molecule has 0 saturated heterocycles. The van der Waals surface area contributed by atoms with E-state index in [1.165, 1.54) is 54.9 Å². The average molecular weight is 715 g/mol. The number of imidazole rings is 2. The molecule has 4 heterocycles. The fourth-order valence-corrected chi connectivity index (χ4v) is 6.00. The number of primary amides is 2. The molecule has 4 aromatic heterocycles. The lowest BCUT2D eigenvalue weighted by molar-refractivity contribution is -0.0264. The number of hydrogen-bond donors (Lipinski definition) is 4. The van der Waals surface area contributed by atoms with Gasteiger partial charge < -0.3 is 20.6 Å². The molecule has 6 rings (SSSR count). The van der Waals surface area contributed by atoms with Gasteiger partial charge in [-0.3, -0.25) is 39.2 Å². The minimum atomic E-state index is -3.43. The van der Waals surface area contributed by atoms with Crippen LogP contribution in [0.4, 0.5) is 20.7 Å². The molecule has 0 radical (unpaired) electrons. The molecule has 0 atom stereocenters. The first-order valence-corrected chi connectivity index (χ1v) is 16.4. The van der Waals surface area contributed by atoms with Crippen molar-refractivity contribution >= 4 is 57.6 Å². The SMILES string of the molecule is CCn1nc(C)cc1C(=O)Nc1nc2cc(C(N)=O)ccc2n1CCC(F)(F)Cn1c(NC(=O)c2cc(C)nn2CC)nc2cc(C(N)=O)ccc21. The summed E-state index contributed by atoms with van der Waals surface area (Å²) < 4.78 is 37.9. The number of nitrogens with zero attached hydrogens (tertiary/aromatic N) is 8. The number of carbonyl (C=O) groups excluding carboxylic acids is 4. The number of aromatic nitrogens is 8. The molecule has 6 N–H and O–H groups in total. The molecular formula is C34H36F2N12O4. The van der Waals surface area contributed by atoms with Gasteiger partial charge in [-0.15, -0.1) is 0 Å². The number of anilines is 2. The van der Waals surface area contributed by atoms with Crippen molar-refractivity contribution in [2.24, 2.45) is 11.5 Å². The van der Waals surface area contributed by atoms with Gasteiger partial charge in [-0.2, -0.15) is 10.2 Å². The first-order chi connectivity index (χ1) is 24.7. The summed E-state index contributed by atoms with van der Waals surface area (Å²) >= 11 is 0. The summed E-state index contributed by atoms with van der Waals surface area (Å²) in [4.78, 5) is 59.3. The summed E-state index contributed by atoms with van der Waals surface area (Å²) in [5.41, 5.74) is 13.9. The Morgan fingerprint density at radius 3 is 1.60 bits per heavy atom. The lowest BCUT2D eigenvalue weighted by Gasteiger charge is -2.20. The Labute approximate surface area is 294 Å². The zero-order valence-corrected chi connectivity index (χ0v) is 28.8. The summed E-state index contributed by atoms with van der Waals surface area (Å²) in [5.74, 6) is -6.24. The van der Waals surface area contributed by atoms with Gasteiger partial charge in [0, 0.05) is 37.2 Å². The normalized spacial score (nSPS) is 11.7. The number of amides is 4. The maximum atomic E-state index is 16.2. The standard InChI is InChI=1S/C34H36F2N12O4/c1-5-47-26(13-18(3)43-47)30(51)41-32-39-22-15-20(28(37)49)7-9-24(22)45(32)12-11-34(35,36)17-46-25-10-8-21(29(38)50)16-23(25)40-33(46)42-31(52)27-14-19(4)44-48(27)6-2/h7-10,13-16H,5-6,11-12,17H2,1-4H3,(H2,37,49)(H2,38,50)(H,39,41,51)(H,40,42,52). The molecule has 0 aliphatic rings. The molecule has 2 aromatic carbocycles. The number of rotatable bonds is 13. The van der Waals surface area contributed by atoms with E-state index < -0.39 is 42.5 Å². The number of fused-ring (bicyclic) bond motifs is 2. The van der Waals surface area contributed by atoms with Gasteiger partial charge in [-0.1, -0.05) is 0 Å². The van der Waals surface area contributed by atoms with E-state index in [-0.39, 0.29) is 57.5 Å². The summed E-state index contributed by atoms with van der Waals surface area (Å²) in [6.07, 6.45) is -0.751. The summed E-state index contributed by atoms with van der Waals surface area (Å²) in [7, 11) is 0. The van der Waals surface area contributed by atoms with E-state index >= 15 is 8.78 Å². The van der Waals surface area contributed by atoms with Crippen LogP contribution in [0.25, 0.3) is 22.1 Å². The minimum Gasteiger partial charge on any atom is -0.366 e. The Balaban J connectivity index is 1.33.